The number of rotatable bonds is 1. The van der Waals surface area contributed by atoms with Crippen LogP contribution in [0.15, 0.2) is 30.5 Å². The van der Waals surface area contributed by atoms with Crippen molar-refractivity contribution in [3.63, 3.8) is 0 Å². The lowest BCUT2D eigenvalue weighted by atomic mass is 9.83. The van der Waals surface area contributed by atoms with Gasteiger partial charge in [0.05, 0.1) is 5.41 Å². The van der Waals surface area contributed by atoms with Crippen molar-refractivity contribution < 1.29 is 9.53 Å². The molecule has 1 aromatic carbocycles. The second kappa shape index (κ2) is 4.16. The maximum absolute atomic E-state index is 11.3. The Morgan fingerprint density at radius 1 is 1.40 bits per heavy atom. The first-order valence-electron chi connectivity index (χ1n) is 6.65. The number of ether oxygens (including phenoxy) is 1. The lowest BCUT2D eigenvalue weighted by Gasteiger charge is -2.33. The first-order chi connectivity index (χ1) is 9.47. The van der Waals surface area contributed by atoms with Crippen LogP contribution < -0.4 is 15.0 Å². The molecule has 0 radical (unpaired) electrons. The van der Waals surface area contributed by atoms with E-state index in [1.165, 1.54) is 11.3 Å². The summed E-state index contributed by atoms with van der Waals surface area (Å²) in [5, 5.41) is 2.46. The summed E-state index contributed by atoms with van der Waals surface area (Å²) in [4.78, 5) is 15.8. The smallest absolute Gasteiger partial charge is 0.410 e. The van der Waals surface area contributed by atoms with Crippen LogP contribution in [0.1, 0.15) is 12.5 Å². The topological polar surface area (TPSA) is 44.8 Å². The van der Waals surface area contributed by atoms with Crippen molar-refractivity contribution in [2.45, 2.75) is 18.5 Å². The Morgan fingerprint density at radius 2 is 2.15 bits per heavy atom. The van der Waals surface area contributed by atoms with Gasteiger partial charge in [-0.3, -0.25) is 0 Å². The zero-order valence-electron chi connectivity index (χ0n) is 12.2. The molecule has 1 amide bonds. The van der Waals surface area contributed by atoms with Crippen LogP contribution in [0.2, 0.25) is 0 Å². The molecule has 20 heavy (non-hydrogen) atoms. The van der Waals surface area contributed by atoms with Gasteiger partial charge < -0.3 is 19.9 Å². The van der Waals surface area contributed by atoms with Crippen molar-refractivity contribution in [2.75, 3.05) is 26.0 Å². The summed E-state index contributed by atoms with van der Waals surface area (Å²) in [6.07, 6.45) is 4.14. The van der Waals surface area contributed by atoms with Crippen molar-refractivity contribution in [1.29, 1.82) is 0 Å². The Kier molecular flexibility index (Phi) is 2.67. The van der Waals surface area contributed by atoms with E-state index in [4.69, 9.17) is 4.74 Å². The molecule has 0 spiro atoms. The van der Waals surface area contributed by atoms with Gasteiger partial charge in [-0.05, 0) is 36.9 Å². The number of amides is 1. The van der Waals surface area contributed by atoms with Gasteiger partial charge >= 0.3 is 6.09 Å². The van der Waals surface area contributed by atoms with Crippen LogP contribution in [0.3, 0.4) is 0 Å². The molecule has 0 fully saturated rings. The summed E-state index contributed by atoms with van der Waals surface area (Å²) >= 11 is 0. The predicted molar refractivity (Wildman–Crippen MR) is 78.0 cm³/mol. The molecular formula is C15H19N3O2. The predicted octanol–water partition coefficient (Wildman–Crippen LogP) is 1.90. The van der Waals surface area contributed by atoms with E-state index in [0.29, 0.717) is 5.75 Å². The Hall–Kier alpha value is -2.17. The number of hydrogen-bond donors (Lipinski definition) is 1. The third-order valence-electron chi connectivity index (χ3n) is 4.29. The minimum Gasteiger partial charge on any atom is -0.410 e. The molecule has 2 aliphatic rings. The molecule has 5 heteroatoms. The Bertz CT molecular complexity index is 599. The fraction of sp³-hybridized carbons (Fsp3) is 0.400. The largest absolute Gasteiger partial charge is 0.412 e. The van der Waals surface area contributed by atoms with Crippen LogP contribution in [0.4, 0.5) is 10.5 Å². The number of nitrogens with zero attached hydrogens (tertiary/aromatic N) is 2. The number of nitrogens with one attached hydrogen (secondary N) is 1. The number of hydrogen-bond acceptors (Lipinski definition) is 4. The quantitative estimate of drug-likeness (QED) is 0.849. The summed E-state index contributed by atoms with van der Waals surface area (Å²) in [5.74, 6) is 0.571. The highest BCUT2D eigenvalue weighted by molar-refractivity contribution is 5.72. The van der Waals surface area contributed by atoms with Crippen LogP contribution in [-0.2, 0) is 5.41 Å². The van der Waals surface area contributed by atoms with Crippen molar-refractivity contribution in [1.82, 2.24) is 10.2 Å². The summed E-state index contributed by atoms with van der Waals surface area (Å²) < 4.78 is 5.24. The van der Waals surface area contributed by atoms with Crippen LogP contribution in [-0.4, -0.2) is 38.3 Å². The molecular weight excluding hydrogens is 254 g/mol. The van der Waals surface area contributed by atoms with Crippen molar-refractivity contribution in [3.05, 3.63) is 36.0 Å². The zero-order chi connectivity index (χ0) is 14.5. The average molecular weight is 273 g/mol. The first-order valence-corrected chi connectivity index (χ1v) is 6.65. The molecule has 1 aromatic rings. The van der Waals surface area contributed by atoms with Gasteiger partial charge in [-0.15, -0.1) is 0 Å². The third kappa shape index (κ3) is 1.59. The molecule has 5 nitrogen and oxygen atoms in total. The molecule has 2 heterocycles. The van der Waals surface area contributed by atoms with E-state index in [0.717, 1.165) is 0 Å². The second-order valence-electron chi connectivity index (χ2n) is 5.57. The number of carbonyl (C=O) groups excluding carboxylic acids is 1. The van der Waals surface area contributed by atoms with Crippen LogP contribution in [0.25, 0.3) is 0 Å². The Morgan fingerprint density at radius 3 is 2.85 bits per heavy atom. The minimum atomic E-state index is -0.447. The minimum absolute atomic E-state index is 0.0824. The van der Waals surface area contributed by atoms with Crippen LogP contribution in [0, 0.1) is 0 Å². The number of benzene rings is 1. The molecule has 2 unspecified atom stereocenters. The van der Waals surface area contributed by atoms with Crippen LogP contribution >= 0.6 is 0 Å². The highest BCUT2D eigenvalue weighted by atomic mass is 16.5. The van der Waals surface area contributed by atoms with E-state index in [-0.39, 0.29) is 11.6 Å². The summed E-state index contributed by atoms with van der Waals surface area (Å²) in [7, 11) is 5.73. The number of likely N-dealkylation sites (N-methyl/N-ethyl adjacent to an activating group) is 2. The van der Waals surface area contributed by atoms with E-state index >= 15 is 0 Å². The fourth-order valence-corrected chi connectivity index (χ4v) is 3.37. The normalized spacial score (nSPS) is 26.5. The summed E-state index contributed by atoms with van der Waals surface area (Å²) in [6, 6.07) is 5.81. The summed E-state index contributed by atoms with van der Waals surface area (Å²) in [5.41, 5.74) is 2.28. The molecule has 2 aliphatic heterocycles. The van der Waals surface area contributed by atoms with Gasteiger partial charge in [0.2, 0.25) is 0 Å². The van der Waals surface area contributed by atoms with E-state index < -0.39 is 6.09 Å². The lowest BCUT2D eigenvalue weighted by molar-refractivity contribution is 0.203. The van der Waals surface area contributed by atoms with Gasteiger partial charge in [0.25, 0.3) is 0 Å². The number of anilines is 1. The van der Waals surface area contributed by atoms with Gasteiger partial charge in [-0.25, -0.2) is 4.79 Å². The van der Waals surface area contributed by atoms with Gasteiger partial charge in [0.1, 0.15) is 11.9 Å². The van der Waals surface area contributed by atoms with Crippen molar-refractivity contribution in [3.8, 4) is 5.75 Å². The monoisotopic (exact) mass is 273 g/mol. The van der Waals surface area contributed by atoms with Gasteiger partial charge in [0, 0.05) is 26.8 Å². The van der Waals surface area contributed by atoms with E-state index in [2.05, 4.69) is 48.4 Å². The standard InChI is InChI=1S/C15H19N3O2/c1-15-7-8-17(3)13(15)18(4)12-6-5-10(9-11(12)15)20-14(19)16-2/h5-9,13H,1-4H3,(H,16,19). The van der Waals surface area contributed by atoms with E-state index in [1.807, 2.05) is 18.2 Å². The van der Waals surface area contributed by atoms with Crippen LogP contribution in [0.5, 0.6) is 5.75 Å². The van der Waals surface area contributed by atoms with Gasteiger partial charge in [-0.1, -0.05) is 6.08 Å². The molecule has 0 bridgehead atoms. The van der Waals surface area contributed by atoms with Crippen molar-refractivity contribution >= 4 is 11.8 Å². The van der Waals surface area contributed by atoms with E-state index in [1.54, 1.807) is 7.05 Å². The number of fused-ring (bicyclic) bond motifs is 3. The molecule has 0 saturated carbocycles. The average Bonchev–Trinajstić information content (AvgIpc) is 2.85. The molecule has 1 N–H and O–H groups in total. The number of carbonyl (C=O) groups is 1. The Balaban J connectivity index is 2.03. The second-order valence-corrected chi connectivity index (χ2v) is 5.57. The molecule has 106 valence electrons. The molecule has 3 rings (SSSR count). The SMILES string of the molecule is CNC(=O)Oc1ccc2c(c1)C1(C)C=CN(C)C1N2C. The highest BCUT2D eigenvalue weighted by Crippen LogP contribution is 2.50. The third-order valence-corrected chi connectivity index (χ3v) is 4.29. The lowest BCUT2D eigenvalue weighted by Crippen LogP contribution is -2.45. The van der Waals surface area contributed by atoms with Gasteiger partial charge in [-0.2, -0.15) is 0 Å². The van der Waals surface area contributed by atoms with E-state index in [9.17, 15) is 4.79 Å². The maximum atomic E-state index is 11.3. The van der Waals surface area contributed by atoms with Crippen molar-refractivity contribution in [2.24, 2.45) is 0 Å². The highest BCUT2D eigenvalue weighted by Gasteiger charge is 2.49. The molecule has 0 saturated heterocycles. The van der Waals surface area contributed by atoms with Gasteiger partial charge in [0.15, 0.2) is 0 Å². The summed E-state index contributed by atoms with van der Waals surface area (Å²) in [6.45, 7) is 2.21. The Labute approximate surface area is 118 Å². The first kappa shape index (κ1) is 12.8. The molecule has 2 atom stereocenters. The molecule has 0 aliphatic carbocycles. The maximum Gasteiger partial charge on any atom is 0.412 e. The fourth-order valence-electron chi connectivity index (χ4n) is 3.37. The molecule has 0 aromatic heterocycles. The zero-order valence-corrected chi connectivity index (χ0v) is 12.2.